The number of hydrogen-bond acceptors (Lipinski definition) is 5. The molecule has 0 saturated carbocycles. The molecule has 170 valence electrons. The lowest BCUT2D eigenvalue weighted by Gasteiger charge is -2.36. The van der Waals surface area contributed by atoms with Crippen LogP contribution >= 0.6 is 23.7 Å². The summed E-state index contributed by atoms with van der Waals surface area (Å²) in [5.41, 5.74) is 2.16. The molecule has 0 aliphatic carbocycles. The zero-order valence-corrected chi connectivity index (χ0v) is 20.3. The fourth-order valence-corrected chi connectivity index (χ4v) is 5.65. The van der Waals surface area contributed by atoms with E-state index in [-0.39, 0.29) is 18.3 Å². The number of para-hydroxylation sites is 2. The molecule has 0 atom stereocenters. The van der Waals surface area contributed by atoms with Crippen molar-refractivity contribution in [1.29, 1.82) is 0 Å². The summed E-state index contributed by atoms with van der Waals surface area (Å²) in [7, 11) is 1.74. The Morgan fingerprint density at radius 1 is 1.03 bits per heavy atom. The van der Waals surface area contributed by atoms with Crippen molar-refractivity contribution < 1.29 is 9.53 Å². The molecule has 5 nitrogen and oxygen atoms in total. The van der Waals surface area contributed by atoms with Gasteiger partial charge in [0.2, 0.25) is 0 Å². The number of thiophene rings is 1. The van der Waals surface area contributed by atoms with Gasteiger partial charge in [0.15, 0.2) is 0 Å². The lowest BCUT2D eigenvalue weighted by Crippen LogP contribution is -2.46. The van der Waals surface area contributed by atoms with E-state index in [1.165, 1.54) is 15.4 Å². The van der Waals surface area contributed by atoms with E-state index in [0.717, 1.165) is 82.8 Å². The van der Waals surface area contributed by atoms with Crippen LogP contribution in [-0.4, -0.2) is 68.6 Å². The largest absolute Gasteiger partial charge is 0.495 e. The molecule has 1 aromatic carbocycles. The monoisotopic (exact) mass is 463 g/mol. The lowest BCUT2D eigenvalue weighted by molar-refractivity contribution is 0.0756. The highest BCUT2D eigenvalue weighted by molar-refractivity contribution is 7.12. The number of carbonyl (C=O) groups excluding carboxylic acids is 1. The van der Waals surface area contributed by atoms with E-state index in [0.29, 0.717) is 0 Å². The Labute approximate surface area is 196 Å². The minimum Gasteiger partial charge on any atom is -0.495 e. The highest BCUT2D eigenvalue weighted by Gasteiger charge is 2.24. The summed E-state index contributed by atoms with van der Waals surface area (Å²) in [5, 5.41) is 0. The van der Waals surface area contributed by atoms with Crippen molar-refractivity contribution in [3.05, 3.63) is 45.6 Å². The number of fused-ring (bicyclic) bond motifs is 1. The topological polar surface area (TPSA) is 36.0 Å². The number of amides is 1. The van der Waals surface area contributed by atoms with Crippen molar-refractivity contribution in [2.75, 3.05) is 57.8 Å². The lowest BCUT2D eigenvalue weighted by atomic mass is 10.2. The molecule has 0 spiro atoms. The molecule has 7 heteroatoms. The van der Waals surface area contributed by atoms with E-state index in [1.54, 1.807) is 18.4 Å². The van der Waals surface area contributed by atoms with Crippen LogP contribution in [0.4, 0.5) is 5.69 Å². The van der Waals surface area contributed by atoms with Crippen LogP contribution in [0.5, 0.6) is 5.75 Å². The Kier molecular flexibility index (Phi) is 8.64. The van der Waals surface area contributed by atoms with Crippen molar-refractivity contribution in [3.8, 4) is 5.75 Å². The number of anilines is 1. The number of halogens is 1. The Balaban J connectivity index is 0.00000272. The third-order valence-corrected chi connectivity index (χ3v) is 7.34. The van der Waals surface area contributed by atoms with E-state index in [4.69, 9.17) is 4.74 Å². The number of aryl methyl sites for hydroxylation is 2. The number of unbranched alkanes of at least 4 members (excludes halogenated alkanes) is 1. The maximum atomic E-state index is 12.9. The van der Waals surface area contributed by atoms with Gasteiger partial charge in [-0.3, -0.25) is 9.69 Å². The second-order valence-electron chi connectivity index (χ2n) is 8.30. The summed E-state index contributed by atoms with van der Waals surface area (Å²) in [4.78, 5) is 22.5. The first-order valence-corrected chi connectivity index (χ1v) is 12.0. The van der Waals surface area contributed by atoms with Gasteiger partial charge in [-0.2, -0.15) is 0 Å². The number of benzene rings is 1. The van der Waals surface area contributed by atoms with E-state index >= 15 is 0 Å². The standard InChI is InChI=1S/C24H33N3O2S.ClH/c1-19-18-20-23(30-19)10-7-13-27(24(20)28)12-6-5-11-25-14-16-26(17-15-25)21-8-3-4-9-22(21)29-2;/h3-4,8-9,18H,5-7,10-17H2,1-2H3;1H. The molecular weight excluding hydrogens is 430 g/mol. The zero-order valence-electron chi connectivity index (χ0n) is 18.6. The van der Waals surface area contributed by atoms with Gasteiger partial charge in [0.25, 0.3) is 5.91 Å². The molecule has 0 bridgehead atoms. The molecule has 1 saturated heterocycles. The van der Waals surface area contributed by atoms with Gasteiger partial charge < -0.3 is 14.5 Å². The SMILES string of the molecule is COc1ccccc1N1CCN(CCCCN2CCCc3sc(C)cc3C2=O)CC1.Cl. The third-order valence-electron chi connectivity index (χ3n) is 6.23. The molecule has 1 amide bonds. The van der Waals surface area contributed by atoms with Crippen LogP contribution in [0.15, 0.2) is 30.3 Å². The van der Waals surface area contributed by atoms with Gasteiger partial charge in [-0.25, -0.2) is 0 Å². The summed E-state index contributed by atoms with van der Waals surface area (Å²) in [6, 6.07) is 10.4. The minimum absolute atomic E-state index is 0. The summed E-state index contributed by atoms with van der Waals surface area (Å²) < 4.78 is 5.52. The van der Waals surface area contributed by atoms with Gasteiger partial charge in [0.1, 0.15) is 5.75 Å². The average Bonchev–Trinajstić information content (AvgIpc) is 3.09. The first-order chi connectivity index (χ1) is 14.7. The molecule has 4 rings (SSSR count). The van der Waals surface area contributed by atoms with Gasteiger partial charge in [0.05, 0.1) is 18.4 Å². The maximum absolute atomic E-state index is 12.9. The highest BCUT2D eigenvalue weighted by Crippen LogP contribution is 2.29. The number of carbonyl (C=O) groups is 1. The van der Waals surface area contributed by atoms with Crippen LogP contribution in [-0.2, 0) is 6.42 Å². The Morgan fingerprint density at radius 3 is 2.55 bits per heavy atom. The molecule has 3 heterocycles. The summed E-state index contributed by atoms with van der Waals surface area (Å²) in [6.45, 7) is 9.23. The number of methoxy groups -OCH3 is 1. The molecule has 1 fully saturated rings. The molecular formula is C24H34ClN3O2S. The molecule has 2 aliphatic rings. The minimum atomic E-state index is 0. The fraction of sp³-hybridized carbons (Fsp3) is 0.542. The first-order valence-electron chi connectivity index (χ1n) is 11.1. The van der Waals surface area contributed by atoms with Crippen LogP contribution in [0.1, 0.15) is 39.4 Å². The van der Waals surface area contributed by atoms with Crippen LogP contribution in [0.2, 0.25) is 0 Å². The zero-order chi connectivity index (χ0) is 20.9. The smallest absolute Gasteiger partial charge is 0.254 e. The average molecular weight is 464 g/mol. The first kappa shape index (κ1) is 23.9. The van der Waals surface area contributed by atoms with Crippen LogP contribution in [0.3, 0.4) is 0 Å². The number of rotatable bonds is 7. The quantitative estimate of drug-likeness (QED) is 0.567. The fourth-order valence-electron chi connectivity index (χ4n) is 4.59. The molecule has 0 unspecified atom stereocenters. The molecule has 0 N–H and O–H groups in total. The molecule has 2 aromatic rings. The van der Waals surface area contributed by atoms with Gasteiger partial charge in [0, 0.05) is 49.0 Å². The van der Waals surface area contributed by atoms with E-state index in [9.17, 15) is 4.79 Å². The van der Waals surface area contributed by atoms with E-state index < -0.39 is 0 Å². The Morgan fingerprint density at radius 2 is 1.77 bits per heavy atom. The van der Waals surface area contributed by atoms with Crippen molar-refractivity contribution in [3.63, 3.8) is 0 Å². The van der Waals surface area contributed by atoms with Crippen LogP contribution in [0.25, 0.3) is 0 Å². The second kappa shape index (κ2) is 11.2. The molecule has 2 aliphatic heterocycles. The predicted octanol–water partition coefficient (Wildman–Crippen LogP) is 4.48. The van der Waals surface area contributed by atoms with Gasteiger partial charge in [-0.1, -0.05) is 12.1 Å². The molecule has 31 heavy (non-hydrogen) atoms. The maximum Gasteiger partial charge on any atom is 0.254 e. The van der Waals surface area contributed by atoms with Gasteiger partial charge >= 0.3 is 0 Å². The molecule has 1 aromatic heterocycles. The Hall–Kier alpha value is -1.76. The highest BCUT2D eigenvalue weighted by atomic mass is 35.5. The van der Waals surface area contributed by atoms with Crippen molar-refractivity contribution >= 4 is 35.3 Å². The van der Waals surface area contributed by atoms with E-state index in [1.807, 2.05) is 12.1 Å². The predicted molar refractivity (Wildman–Crippen MR) is 131 cm³/mol. The summed E-state index contributed by atoms with van der Waals surface area (Å²) >= 11 is 1.79. The van der Waals surface area contributed by atoms with Crippen LogP contribution < -0.4 is 9.64 Å². The summed E-state index contributed by atoms with van der Waals surface area (Å²) in [6.07, 6.45) is 4.36. The van der Waals surface area contributed by atoms with Crippen molar-refractivity contribution in [2.45, 2.75) is 32.6 Å². The molecule has 0 radical (unpaired) electrons. The Bertz CT molecular complexity index is 864. The van der Waals surface area contributed by atoms with Gasteiger partial charge in [-0.15, -0.1) is 23.7 Å². The van der Waals surface area contributed by atoms with Crippen molar-refractivity contribution in [1.82, 2.24) is 9.80 Å². The van der Waals surface area contributed by atoms with Crippen LogP contribution in [0, 0.1) is 6.92 Å². The number of ether oxygens (including phenoxy) is 1. The van der Waals surface area contributed by atoms with Gasteiger partial charge in [-0.05, 0) is 57.4 Å². The van der Waals surface area contributed by atoms with Crippen molar-refractivity contribution in [2.24, 2.45) is 0 Å². The summed E-state index contributed by atoms with van der Waals surface area (Å²) in [5.74, 6) is 1.20. The second-order valence-corrected chi connectivity index (χ2v) is 9.64. The normalized spacial score (nSPS) is 17.2. The third kappa shape index (κ3) is 5.73. The number of piperazine rings is 1. The number of hydrogen-bond donors (Lipinski definition) is 0. The van der Waals surface area contributed by atoms with E-state index in [2.05, 4.69) is 39.8 Å². The number of nitrogens with zero attached hydrogens (tertiary/aromatic N) is 3.